The molecule has 1 heterocycles. The molecule has 3 rings (SSSR count). The Balaban J connectivity index is 1.53. The van der Waals surface area contributed by atoms with Gasteiger partial charge in [0, 0.05) is 21.6 Å². The van der Waals surface area contributed by atoms with Crippen LogP contribution in [0.5, 0.6) is 5.75 Å². The third kappa shape index (κ3) is 5.94. The van der Waals surface area contributed by atoms with Crippen molar-refractivity contribution in [2.24, 2.45) is 0 Å². The van der Waals surface area contributed by atoms with Gasteiger partial charge in [-0.1, -0.05) is 34.1 Å². The molecule has 2 aromatic carbocycles. The molecule has 28 heavy (non-hydrogen) atoms. The summed E-state index contributed by atoms with van der Waals surface area (Å²) in [6.45, 7) is 0.354. The Labute approximate surface area is 175 Å². The first-order chi connectivity index (χ1) is 13.6. The molecule has 0 radical (unpaired) electrons. The van der Waals surface area contributed by atoms with Crippen molar-refractivity contribution in [3.05, 3.63) is 81.0 Å². The van der Waals surface area contributed by atoms with Gasteiger partial charge in [-0.15, -0.1) is 11.3 Å². The minimum Gasteiger partial charge on any atom is -0.483 e. The molecular weight excluding hydrogens is 440 g/mol. The summed E-state index contributed by atoms with van der Waals surface area (Å²) in [5, 5.41) is 7.66. The summed E-state index contributed by atoms with van der Waals surface area (Å²) in [5.41, 5.74) is 1.08. The number of carbonyl (C=O) groups is 2. The highest BCUT2D eigenvalue weighted by molar-refractivity contribution is 9.10. The van der Waals surface area contributed by atoms with Crippen molar-refractivity contribution < 1.29 is 14.3 Å². The number of ether oxygens (including phenoxy) is 1. The Morgan fingerprint density at radius 1 is 1.00 bits per heavy atom. The molecule has 0 saturated heterocycles. The van der Waals surface area contributed by atoms with E-state index < -0.39 is 0 Å². The zero-order valence-corrected chi connectivity index (χ0v) is 17.4. The Kier molecular flexibility index (Phi) is 7.22. The van der Waals surface area contributed by atoms with E-state index in [0.29, 0.717) is 23.5 Å². The Morgan fingerprint density at radius 2 is 1.79 bits per heavy atom. The summed E-state index contributed by atoms with van der Waals surface area (Å²) in [6.07, 6.45) is 0.780. The maximum atomic E-state index is 12.5. The van der Waals surface area contributed by atoms with Crippen LogP contribution in [0.1, 0.15) is 15.2 Å². The number of amides is 2. The standard InChI is InChI=1S/C21H19BrN2O3S/c22-15-7-9-16(10-8-15)24-20(25)14-27-19-6-2-1-5-18(19)21(26)23-12-11-17-4-3-13-28-17/h1-10,13H,11-12,14H2,(H,23,26)(H,24,25). The van der Waals surface area contributed by atoms with E-state index in [4.69, 9.17) is 4.74 Å². The predicted octanol–water partition coefficient (Wildman–Crippen LogP) is 4.50. The lowest BCUT2D eigenvalue weighted by atomic mass is 10.2. The number of carbonyl (C=O) groups excluding carboxylic acids is 2. The first-order valence-electron chi connectivity index (χ1n) is 8.69. The van der Waals surface area contributed by atoms with Crippen molar-refractivity contribution in [2.45, 2.75) is 6.42 Å². The highest BCUT2D eigenvalue weighted by atomic mass is 79.9. The maximum Gasteiger partial charge on any atom is 0.262 e. The van der Waals surface area contributed by atoms with Crippen molar-refractivity contribution >= 4 is 44.8 Å². The second-order valence-electron chi connectivity index (χ2n) is 5.93. The first-order valence-corrected chi connectivity index (χ1v) is 10.4. The van der Waals surface area contributed by atoms with Gasteiger partial charge in [0.2, 0.25) is 0 Å². The Bertz CT molecular complexity index is 927. The highest BCUT2D eigenvalue weighted by Gasteiger charge is 2.13. The van der Waals surface area contributed by atoms with Crippen LogP contribution in [-0.4, -0.2) is 25.0 Å². The van der Waals surface area contributed by atoms with E-state index in [9.17, 15) is 9.59 Å². The lowest BCUT2D eigenvalue weighted by Gasteiger charge is -2.12. The number of anilines is 1. The molecule has 3 aromatic rings. The van der Waals surface area contributed by atoms with Gasteiger partial charge < -0.3 is 15.4 Å². The van der Waals surface area contributed by atoms with Crippen molar-refractivity contribution in [1.82, 2.24) is 5.32 Å². The summed E-state index contributed by atoms with van der Waals surface area (Å²) in [4.78, 5) is 25.8. The summed E-state index contributed by atoms with van der Waals surface area (Å²) in [6, 6.07) is 18.2. The van der Waals surface area contributed by atoms with E-state index in [1.54, 1.807) is 47.7 Å². The molecule has 7 heteroatoms. The fraction of sp³-hybridized carbons (Fsp3) is 0.143. The molecule has 2 N–H and O–H groups in total. The van der Waals surface area contributed by atoms with Gasteiger partial charge in [0.25, 0.3) is 11.8 Å². The van der Waals surface area contributed by atoms with Crippen LogP contribution in [-0.2, 0) is 11.2 Å². The number of rotatable bonds is 8. The van der Waals surface area contributed by atoms with Crippen LogP contribution in [0.4, 0.5) is 5.69 Å². The average Bonchev–Trinajstić information content (AvgIpc) is 3.22. The molecule has 0 aliphatic carbocycles. The van der Waals surface area contributed by atoms with Gasteiger partial charge in [-0.2, -0.15) is 0 Å². The van der Waals surface area contributed by atoms with E-state index >= 15 is 0 Å². The predicted molar refractivity (Wildman–Crippen MR) is 115 cm³/mol. The van der Waals surface area contributed by atoms with Crippen LogP contribution in [0, 0.1) is 0 Å². The zero-order valence-electron chi connectivity index (χ0n) is 15.0. The van der Waals surface area contributed by atoms with Crippen LogP contribution in [0.25, 0.3) is 0 Å². The summed E-state index contributed by atoms with van der Waals surface area (Å²) in [5.74, 6) is -0.141. The number of nitrogens with one attached hydrogen (secondary N) is 2. The highest BCUT2D eigenvalue weighted by Crippen LogP contribution is 2.18. The summed E-state index contributed by atoms with van der Waals surface area (Å²) >= 11 is 5.01. The first kappa shape index (κ1) is 20.1. The van der Waals surface area contributed by atoms with Crippen molar-refractivity contribution in [3.63, 3.8) is 0 Å². The molecule has 0 fully saturated rings. The molecular formula is C21H19BrN2O3S. The third-order valence-corrected chi connectivity index (χ3v) is 5.32. The molecule has 5 nitrogen and oxygen atoms in total. The molecule has 0 aliphatic rings. The maximum absolute atomic E-state index is 12.5. The second-order valence-corrected chi connectivity index (χ2v) is 7.87. The SMILES string of the molecule is O=C(COc1ccccc1C(=O)NCCc1cccs1)Nc1ccc(Br)cc1. The molecule has 0 spiro atoms. The molecule has 0 aliphatic heterocycles. The number of halogens is 1. The smallest absolute Gasteiger partial charge is 0.262 e. The van der Waals surface area contributed by atoms with Gasteiger partial charge >= 0.3 is 0 Å². The van der Waals surface area contributed by atoms with Crippen LogP contribution >= 0.6 is 27.3 Å². The molecule has 0 unspecified atom stereocenters. The van der Waals surface area contributed by atoms with Gasteiger partial charge in [-0.05, 0) is 54.3 Å². The van der Waals surface area contributed by atoms with Crippen LogP contribution in [0.3, 0.4) is 0 Å². The Hall–Kier alpha value is -2.64. The zero-order chi connectivity index (χ0) is 19.8. The van der Waals surface area contributed by atoms with Gasteiger partial charge in [-0.25, -0.2) is 0 Å². The number of benzene rings is 2. The fourth-order valence-electron chi connectivity index (χ4n) is 2.50. The van der Waals surface area contributed by atoms with Crippen LogP contribution in [0.2, 0.25) is 0 Å². The lowest BCUT2D eigenvalue weighted by Crippen LogP contribution is -2.27. The quantitative estimate of drug-likeness (QED) is 0.521. The van der Waals surface area contributed by atoms with E-state index in [1.165, 1.54) is 4.88 Å². The lowest BCUT2D eigenvalue weighted by molar-refractivity contribution is -0.118. The van der Waals surface area contributed by atoms with Crippen molar-refractivity contribution in [2.75, 3.05) is 18.5 Å². The minimum absolute atomic E-state index is 0.185. The number of hydrogen-bond donors (Lipinski definition) is 2. The third-order valence-electron chi connectivity index (χ3n) is 3.86. The van der Waals surface area contributed by atoms with E-state index in [2.05, 4.69) is 26.6 Å². The minimum atomic E-state index is -0.296. The normalized spacial score (nSPS) is 10.3. The molecule has 2 amide bonds. The Morgan fingerprint density at radius 3 is 2.54 bits per heavy atom. The number of thiophene rings is 1. The van der Waals surface area contributed by atoms with Crippen LogP contribution < -0.4 is 15.4 Å². The number of hydrogen-bond acceptors (Lipinski definition) is 4. The van der Waals surface area contributed by atoms with Crippen LogP contribution in [0.15, 0.2) is 70.5 Å². The number of para-hydroxylation sites is 1. The summed E-state index contributed by atoms with van der Waals surface area (Å²) < 4.78 is 6.52. The van der Waals surface area contributed by atoms with E-state index in [1.807, 2.05) is 29.6 Å². The molecule has 144 valence electrons. The van der Waals surface area contributed by atoms with Crippen molar-refractivity contribution in [3.8, 4) is 5.75 Å². The monoisotopic (exact) mass is 458 g/mol. The van der Waals surface area contributed by atoms with E-state index in [-0.39, 0.29) is 18.4 Å². The molecule has 0 atom stereocenters. The second kappa shape index (κ2) is 10.1. The average molecular weight is 459 g/mol. The molecule has 1 aromatic heterocycles. The summed E-state index contributed by atoms with van der Waals surface area (Å²) in [7, 11) is 0. The van der Waals surface area contributed by atoms with Gasteiger partial charge in [0.15, 0.2) is 6.61 Å². The van der Waals surface area contributed by atoms with Gasteiger partial charge in [0.1, 0.15) is 5.75 Å². The molecule has 0 bridgehead atoms. The van der Waals surface area contributed by atoms with Gasteiger partial charge in [-0.3, -0.25) is 9.59 Å². The van der Waals surface area contributed by atoms with E-state index in [0.717, 1.165) is 10.9 Å². The topological polar surface area (TPSA) is 67.4 Å². The fourth-order valence-corrected chi connectivity index (χ4v) is 3.48. The molecule has 0 saturated carbocycles. The largest absolute Gasteiger partial charge is 0.483 e. The van der Waals surface area contributed by atoms with Gasteiger partial charge in [0.05, 0.1) is 5.56 Å². The van der Waals surface area contributed by atoms with Crippen molar-refractivity contribution in [1.29, 1.82) is 0 Å².